The third kappa shape index (κ3) is 2.36. The van der Waals surface area contributed by atoms with E-state index in [4.69, 9.17) is 10.00 Å². The van der Waals surface area contributed by atoms with Gasteiger partial charge in [-0.1, -0.05) is 0 Å². The lowest BCUT2D eigenvalue weighted by atomic mass is 10.1. The minimum absolute atomic E-state index is 0.0155. The van der Waals surface area contributed by atoms with Crippen molar-refractivity contribution < 1.29 is 4.74 Å². The van der Waals surface area contributed by atoms with Crippen LogP contribution in [0.5, 0.6) is 0 Å². The number of benzene rings is 1. The average molecular weight is 254 g/mol. The molecule has 3 nitrogen and oxygen atoms in total. The van der Waals surface area contributed by atoms with E-state index in [1.165, 1.54) is 5.52 Å². The van der Waals surface area contributed by atoms with Crippen LogP contribution in [0.4, 0.5) is 0 Å². The number of nitrogens with zero attached hydrogens (tertiary/aromatic N) is 2. The largest absolute Gasteiger partial charge is 0.370 e. The predicted molar refractivity (Wildman–Crippen MR) is 74.8 cm³/mol. The number of nitriles is 1. The summed E-state index contributed by atoms with van der Waals surface area (Å²) < 4.78 is 8.27. The van der Waals surface area contributed by atoms with Gasteiger partial charge in [-0.3, -0.25) is 0 Å². The smallest absolute Gasteiger partial charge is 0.0991 e. The third-order valence-electron chi connectivity index (χ3n) is 3.85. The molecule has 1 aromatic heterocycles. The number of rotatable bonds is 2. The lowest BCUT2D eigenvalue weighted by Crippen LogP contribution is -2.22. The molecule has 1 aliphatic rings. The second kappa shape index (κ2) is 4.40. The molecule has 98 valence electrons. The fourth-order valence-corrected chi connectivity index (χ4v) is 2.85. The van der Waals surface area contributed by atoms with Crippen LogP contribution < -0.4 is 0 Å². The molecule has 0 spiro atoms. The highest BCUT2D eigenvalue weighted by atomic mass is 16.5. The molecule has 2 aromatic rings. The standard InChI is InChI=1S/C16H18N2O/c1-16(2)7-5-14(19-16)11-18-8-6-13-9-12(10-17)3-4-15(13)18/h3-4,6,8-9,14H,5,7,11H2,1-2H3. The van der Waals surface area contributed by atoms with Crippen molar-refractivity contribution in [1.29, 1.82) is 5.26 Å². The topological polar surface area (TPSA) is 38.0 Å². The van der Waals surface area contributed by atoms with Gasteiger partial charge < -0.3 is 9.30 Å². The molecule has 19 heavy (non-hydrogen) atoms. The minimum atomic E-state index is 0.0155. The number of fused-ring (bicyclic) bond motifs is 1. The van der Waals surface area contributed by atoms with E-state index in [0.717, 1.165) is 24.8 Å². The number of aromatic nitrogens is 1. The normalized spacial score (nSPS) is 21.6. The quantitative estimate of drug-likeness (QED) is 0.823. The van der Waals surface area contributed by atoms with Crippen molar-refractivity contribution >= 4 is 10.9 Å². The Morgan fingerprint density at radius 2 is 2.26 bits per heavy atom. The first-order chi connectivity index (χ1) is 9.07. The van der Waals surface area contributed by atoms with Gasteiger partial charge in [0.25, 0.3) is 0 Å². The average Bonchev–Trinajstić information content (AvgIpc) is 2.93. The maximum Gasteiger partial charge on any atom is 0.0991 e. The Labute approximate surface area is 113 Å². The highest BCUT2D eigenvalue weighted by molar-refractivity contribution is 5.81. The summed E-state index contributed by atoms with van der Waals surface area (Å²) in [6.07, 6.45) is 4.61. The molecular formula is C16H18N2O. The lowest BCUT2D eigenvalue weighted by Gasteiger charge is -2.19. The Bertz CT molecular complexity index is 648. The van der Waals surface area contributed by atoms with Crippen LogP contribution in [0, 0.1) is 11.3 Å². The molecule has 0 N–H and O–H groups in total. The van der Waals surface area contributed by atoms with Gasteiger partial charge in [0.15, 0.2) is 0 Å². The molecule has 0 aliphatic carbocycles. The first-order valence-electron chi connectivity index (χ1n) is 6.74. The van der Waals surface area contributed by atoms with Crippen molar-refractivity contribution in [2.24, 2.45) is 0 Å². The first kappa shape index (κ1) is 12.3. The van der Waals surface area contributed by atoms with Gasteiger partial charge in [0, 0.05) is 23.6 Å². The van der Waals surface area contributed by atoms with Crippen molar-refractivity contribution in [3.63, 3.8) is 0 Å². The van der Waals surface area contributed by atoms with Gasteiger partial charge in [-0.2, -0.15) is 5.26 Å². The maximum absolute atomic E-state index is 8.91. The third-order valence-corrected chi connectivity index (χ3v) is 3.85. The molecule has 3 heteroatoms. The van der Waals surface area contributed by atoms with E-state index in [-0.39, 0.29) is 5.60 Å². The van der Waals surface area contributed by atoms with Crippen LogP contribution in [0.1, 0.15) is 32.3 Å². The molecule has 0 saturated carbocycles. The zero-order valence-electron chi connectivity index (χ0n) is 11.4. The van der Waals surface area contributed by atoms with Crippen LogP contribution in [-0.2, 0) is 11.3 Å². The molecule has 3 rings (SSSR count). The summed E-state index contributed by atoms with van der Waals surface area (Å²) in [7, 11) is 0. The van der Waals surface area contributed by atoms with Gasteiger partial charge >= 0.3 is 0 Å². The maximum atomic E-state index is 8.91. The first-order valence-corrected chi connectivity index (χ1v) is 6.74. The van der Waals surface area contributed by atoms with Gasteiger partial charge in [0.05, 0.1) is 23.3 Å². The van der Waals surface area contributed by atoms with Crippen molar-refractivity contribution in [3.05, 3.63) is 36.0 Å². The summed E-state index contributed by atoms with van der Waals surface area (Å²) >= 11 is 0. The Morgan fingerprint density at radius 1 is 1.42 bits per heavy atom. The molecule has 1 saturated heterocycles. The molecule has 0 bridgehead atoms. The van der Waals surface area contributed by atoms with Crippen LogP contribution in [0.3, 0.4) is 0 Å². The fourth-order valence-electron chi connectivity index (χ4n) is 2.85. The Morgan fingerprint density at radius 3 is 2.95 bits per heavy atom. The number of hydrogen-bond donors (Lipinski definition) is 0. The molecule has 1 aromatic carbocycles. The van der Waals surface area contributed by atoms with E-state index in [1.807, 2.05) is 18.2 Å². The highest BCUT2D eigenvalue weighted by Gasteiger charge is 2.31. The fraction of sp³-hybridized carbons (Fsp3) is 0.438. The van der Waals surface area contributed by atoms with Gasteiger partial charge in [0.1, 0.15) is 0 Å². The van der Waals surface area contributed by atoms with Gasteiger partial charge in [-0.25, -0.2) is 0 Å². The van der Waals surface area contributed by atoms with Crippen molar-refractivity contribution in [1.82, 2.24) is 4.57 Å². The summed E-state index contributed by atoms with van der Waals surface area (Å²) in [5, 5.41) is 10.0. The Hall–Kier alpha value is -1.79. The summed E-state index contributed by atoms with van der Waals surface area (Å²) in [5.41, 5.74) is 1.90. The highest BCUT2D eigenvalue weighted by Crippen LogP contribution is 2.31. The van der Waals surface area contributed by atoms with E-state index in [9.17, 15) is 0 Å². The summed E-state index contributed by atoms with van der Waals surface area (Å²) in [6, 6.07) is 10.1. The van der Waals surface area contributed by atoms with E-state index in [1.54, 1.807) is 0 Å². The van der Waals surface area contributed by atoms with Gasteiger partial charge in [0.2, 0.25) is 0 Å². The lowest BCUT2D eigenvalue weighted by molar-refractivity contribution is -0.0212. The van der Waals surface area contributed by atoms with Gasteiger partial charge in [-0.05, 0) is 51.0 Å². The zero-order valence-corrected chi connectivity index (χ0v) is 11.4. The summed E-state index contributed by atoms with van der Waals surface area (Å²) in [5.74, 6) is 0. The van der Waals surface area contributed by atoms with Crippen molar-refractivity contribution in [2.45, 2.75) is 44.9 Å². The van der Waals surface area contributed by atoms with E-state index in [2.05, 4.69) is 36.7 Å². The van der Waals surface area contributed by atoms with E-state index >= 15 is 0 Å². The van der Waals surface area contributed by atoms with Crippen molar-refractivity contribution in [2.75, 3.05) is 0 Å². The molecule has 0 amide bonds. The zero-order chi connectivity index (χ0) is 13.5. The summed E-state index contributed by atoms with van der Waals surface area (Å²) in [6.45, 7) is 5.19. The molecule has 1 unspecified atom stereocenters. The number of hydrogen-bond acceptors (Lipinski definition) is 2. The van der Waals surface area contributed by atoms with Crippen molar-refractivity contribution in [3.8, 4) is 6.07 Å². The second-order valence-corrected chi connectivity index (χ2v) is 5.89. The predicted octanol–water partition coefficient (Wildman–Crippen LogP) is 3.47. The Balaban J connectivity index is 1.84. The SMILES string of the molecule is CC1(C)CCC(Cn2ccc3cc(C#N)ccc32)O1. The molecular weight excluding hydrogens is 236 g/mol. The Kier molecular flexibility index (Phi) is 2.83. The van der Waals surface area contributed by atoms with Crippen LogP contribution >= 0.6 is 0 Å². The molecule has 1 fully saturated rings. The molecule has 1 atom stereocenters. The second-order valence-electron chi connectivity index (χ2n) is 5.89. The number of ether oxygens (including phenoxy) is 1. The van der Waals surface area contributed by atoms with Gasteiger partial charge in [-0.15, -0.1) is 0 Å². The van der Waals surface area contributed by atoms with Crippen LogP contribution in [0.2, 0.25) is 0 Å². The van der Waals surface area contributed by atoms with Crippen LogP contribution in [0.25, 0.3) is 10.9 Å². The monoisotopic (exact) mass is 254 g/mol. The summed E-state index contributed by atoms with van der Waals surface area (Å²) in [4.78, 5) is 0. The molecule has 0 radical (unpaired) electrons. The van der Waals surface area contributed by atoms with E-state index in [0.29, 0.717) is 11.7 Å². The minimum Gasteiger partial charge on any atom is -0.370 e. The van der Waals surface area contributed by atoms with E-state index < -0.39 is 0 Å². The molecule has 2 heterocycles. The van der Waals surface area contributed by atoms with Crippen LogP contribution in [0.15, 0.2) is 30.5 Å². The van der Waals surface area contributed by atoms with Crippen LogP contribution in [-0.4, -0.2) is 16.3 Å². The molecule has 1 aliphatic heterocycles.